The molecule has 192 valence electrons. The quantitative estimate of drug-likeness (QED) is 0.265. The first-order chi connectivity index (χ1) is 17.0. The van der Waals surface area contributed by atoms with Crippen LogP contribution in [0.15, 0.2) is 72.8 Å². The summed E-state index contributed by atoms with van der Waals surface area (Å²) >= 11 is 0. The van der Waals surface area contributed by atoms with E-state index in [0.717, 1.165) is 31.2 Å². The third kappa shape index (κ3) is 7.51. The second-order valence-corrected chi connectivity index (χ2v) is 9.34. The van der Waals surface area contributed by atoms with Gasteiger partial charge in [0.1, 0.15) is 12.4 Å². The first-order valence-corrected chi connectivity index (χ1v) is 12.0. The molecule has 0 N–H and O–H groups in total. The topological polar surface area (TPSA) is 61.8 Å². The Hall–Kier alpha value is -3.48. The summed E-state index contributed by atoms with van der Waals surface area (Å²) in [4.78, 5) is 23.0. The van der Waals surface area contributed by atoms with E-state index in [1.54, 1.807) is 38.1 Å². The fourth-order valence-electron chi connectivity index (χ4n) is 4.06. The van der Waals surface area contributed by atoms with E-state index in [2.05, 4.69) is 13.2 Å². The molecule has 7 heteroatoms. The molecule has 0 radical (unpaired) electrons. The SMILES string of the molecule is C=C(C)C(=O)OCc1ccc(OC(F)(F)c2ccc(C3CCC(COC(=O)C(=C)C)CC3)cc2)cc1. The Morgan fingerprint density at radius 1 is 0.861 bits per heavy atom. The Bertz CT molecular complexity index is 1080. The average Bonchev–Trinajstić information content (AvgIpc) is 2.86. The highest BCUT2D eigenvalue weighted by molar-refractivity contribution is 5.87. The zero-order valence-corrected chi connectivity index (χ0v) is 20.7. The first-order valence-electron chi connectivity index (χ1n) is 12.0. The third-order valence-electron chi connectivity index (χ3n) is 6.25. The van der Waals surface area contributed by atoms with Crippen molar-refractivity contribution in [2.75, 3.05) is 6.61 Å². The van der Waals surface area contributed by atoms with E-state index in [4.69, 9.17) is 14.2 Å². The van der Waals surface area contributed by atoms with Gasteiger partial charge >= 0.3 is 18.0 Å². The maximum Gasteiger partial charge on any atom is 0.426 e. The number of alkyl halides is 2. The summed E-state index contributed by atoms with van der Waals surface area (Å²) in [5.74, 6) is -0.276. The summed E-state index contributed by atoms with van der Waals surface area (Å²) in [6, 6.07) is 12.2. The van der Waals surface area contributed by atoms with E-state index >= 15 is 0 Å². The van der Waals surface area contributed by atoms with Gasteiger partial charge in [0.15, 0.2) is 0 Å². The number of rotatable bonds is 10. The minimum absolute atomic E-state index is 0.00438. The second kappa shape index (κ2) is 12.0. The fraction of sp³-hybridized carbons (Fsp3) is 0.379. The molecule has 0 aromatic heterocycles. The fourth-order valence-corrected chi connectivity index (χ4v) is 4.06. The number of carbonyl (C=O) groups is 2. The molecule has 2 aromatic carbocycles. The van der Waals surface area contributed by atoms with Crippen LogP contribution >= 0.6 is 0 Å². The summed E-state index contributed by atoms with van der Waals surface area (Å²) in [5.41, 5.74) is 2.11. The minimum Gasteiger partial charge on any atom is -0.462 e. The molecule has 0 spiro atoms. The molecule has 0 aliphatic heterocycles. The van der Waals surface area contributed by atoms with Crippen molar-refractivity contribution < 1.29 is 32.6 Å². The Morgan fingerprint density at radius 2 is 1.42 bits per heavy atom. The first kappa shape index (κ1) is 27.1. The highest BCUT2D eigenvalue weighted by Gasteiger charge is 2.35. The summed E-state index contributed by atoms with van der Waals surface area (Å²) in [6.07, 6.45) is 0.150. The number of esters is 2. The largest absolute Gasteiger partial charge is 0.462 e. The van der Waals surface area contributed by atoms with E-state index < -0.39 is 12.1 Å². The molecule has 2 aromatic rings. The molecule has 0 amide bonds. The molecule has 0 unspecified atom stereocenters. The minimum atomic E-state index is -3.50. The number of hydrogen-bond acceptors (Lipinski definition) is 5. The van der Waals surface area contributed by atoms with Crippen molar-refractivity contribution in [2.24, 2.45) is 5.92 Å². The van der Waals surface area contributed by atoms with Gasteiger partial charge in [-0.15, -0.1) is 0 Å². The van der Waals surface area contributed by atoms with Crippen LogP contribution in [0.2, 0.25) is 0 Å². The highest BCUT2D eigenvalue weighted by atomic mass is 19.3. The van der Waals surface area contributed by atoms with Gasteiger partial charge in [0, 0.05) is 11.1 Å². The monoisotopic (exact) mass is 498 g/mol. The van der Waals surface area contributed by atoms with Crippen LogP contribution in [0.1, 0.15) is 62.1 Å². The lowest BCUT2D eigenvalue weighted by Crippen LogP contribution is -2.22. The normalized spacial score (nSPS) is 17.7. The molecule has 1 fully saturated rings. The smallest absolute Gasteiger partial charge is 0.426 e. The Morgan fingerprint density at radius 3 is 1.97 bits per heavy atom. The van der Waals surface area contributed by atoms with E-state index in [0.29, 0.717) is 23.7 Å². The van der Waals surface area contributed by atoms with Gasteiger partial charge in [-0.25, -0.2) is 9.59 Å². The molecule has 0 heterocycles. The Balaban J connectivity index is 1.52. The molecule has 3 rings (SSSR count). The van der Waals surface area contributed by atoms with Gasteiger partial charge in [0.05, 0.1) is 12.2 Å². The molecular formula is C29H32F2O5. The predicted octanol–water partition coefficient (Wildman–Crippen LogP) is 6.83. The van der Waals surface area contributed by atoms with Crippen LogP contribution < -0.4 is 4.74 Å². The summed E-state index contributed by atoms with van der Waals surface area (Å²) < 4.78 is 44.8. The third-order valence-corrected chi connectivity index (χ3v) is 6.25. The van der Waals surface area contributed by atoms with Crippen molar-refractivity contribution in [3.05, 3.63) is 89.5 Å². The molecule has 0 bridgehead atoms. The molecule has 1 saturated carbocycles. The Kier molecular flexibility index (Phi) is 9.02. The zero-order valence-electron chi connectivity index (χ0n) is 20.7. The van der Waals surface area contributed by atoms with Crippen molar-refractivity contribution in [3.8, 4) is 5.75 Å². The van der Waals surface area contributed by atoms with Crippen molar-refractivity contribution >= 4 is 11.9 Å². The van der Waals surface area contributed by atoms with Crippen LogP contribution in [0.5, 0.6) is 5.75 Å². The maximum absolute atomic E-state index is 14.8. The average molecular weight is 499 g/mol. The van der Waals surface area contributed by atoms with Gasteiger partial charge in [-0.3, -0.25) is 0 Å². The van der Waals surface area contributed by atoms with Gasteiger partial charge < -0.3 is 14.2 Å². The summed E-state index contributed by atoms with van der Waals surface area (Å²) in [7, 11) is 0. The van der Waals surface area contributed by atoms with Crippen molar-refractivity contribution in [1.29, 1.82) is 0 Å². The molecular weight excluding hydrogens is 466 g/mol. The molecule has 36 heavy (non-hydrogen) atoms. The standard InChI is InChI=1S/C29H32F2O5/c1-19(2)27(32)34-17-21-5-9-23(10-6-21)24-11-13-25(14-12-24)29(30,31)36-26-15-7-22(8-16-26)18-35-28(33)20(3)4/h7-8,11-16,21,23H,1,3,5-6,9-10,17-18H2,2,4H3. The lowest BCUT2D eigenvalue weighted by atomic mass is 9.79. The molecule has 1 aliphatic carbocycles. The number of hydrogen-bond donors (Lipinski definition) is 0. The predicted molar refractivity (Wildman–Crippen MR) is 132 cm³/mol. The number of benzene rings is 2. The highest BCUT2D eigenvalue weighted by Crippen LogP contribution is 2.38. The van der Waals surface area contributed by atoms with Crippen LogP contribution in [0, 0.1) is 5.92 Å². The van der Waals surface area contributed by atoms with E-state index in [1.165, 1.54) is 24.3 Å². The molecule has 0 saturated heterocycles. The van der Waals surface area contributed by atoms with Gasteiger partial charge in [-0.1, -0.05) is 37.4 Å². The van der Waals surface area contributed by atoms with Gasteiger partial charge in [-0.05, 0) is 86.8 Å². The lowest BCUT2D eigenvalue weighted by molar-refractivity contribution is -0.185. The lowest BCUT2D eigenvalue weighted by Gasteiger charge is -2.28. The van der Waals surface area contributed by atoms with Crippen molar-refractivity contribution in [3.63, 3.8) is 0 Å². The van der Waals surface area contributed by atoms with Crippen molar-refractivity contribution in [2.45, 2.75) is 58.2 Å². The van der Waals surface area contributed by atoms with Crippen LogP contribution in [-0.4, -0.2) is 18.5 Å². The summed E-state index contributed by atoms with van der Waals surface area (Å²) in [6.45, 7) is 10.7. The number of ether oxygens (including phenoxy) is 3. The van der Waals surface area contributed by atoms with Crippen LogP contribution in [0.3, 0.4) is 0 Å². The van der Waals surface area contributed by atoms with Gasteiger partial charge in [0.25, 0.3) is 0 Å². The van der Waals surface area contributed by atoms with Crippen LogP contribution in [0.25, 0.3) is 0 Å². The van der Waals surface area contributed by atoms with E-state index in [-0.39, 0.29) is 35.4 Å². The molecule has 1 aliphatic rings. The Labute approximate surface area is 210 Å². The zero-order chi connectivity index (χ0) is 26.3. The second-order valence-electron chi connectivity index (χ2n) is 9.34. The van der Waals surface area contributed by atoms with E-state index in [1.807, 2.05) is 0 Å². The summed E-state index contributed by atoms with van der Waals surface area (Å²) in [5, 5.41) is 0. The van der Waals surface area contributed by atoms with Crippen LogP contribution in [0.4, 0.5) is 8.78 Å². The maximum atomic E-state index is 14.8. The molecule has 0 atom stereocenters. The molecule has 5 nitrogen and oxygen atoms in total. The number of halogens is 2. The van der Waals surface area contributed by atoms with Crippen molar-refractivity contribution in [1.82, 2.24) is 0 Å². The number of carbonyl (C=O) groups excluding carboxylic acids is 2. The van der Waals surface area contributed by atoms with Gasteiger partial charge in [-0.2, -0.15) is 8.78 Å². The van der Waals surface area contributed by atoms with Gasteiger partial charge in [0.2, 0.25) is 0 Å². The van der Waals surface area contributed by atoms with Crippen LogP contribution in [-0.2, 0) is 31.8 Å². The van der Waals surface area contributed by atoms with E-state index in [9.17, 15) is 18.4 Å².